The fourth-order valence-corrected chi connectivity index (χ4v) is 5.47. The van der Waals surface area contributed by atoms with E-state index in [-0.39, 0.29) is 11.9 Å². The normalized spacial score (nSPS) is 22.8. The van der Waals surface area contributed by atoms with Crippen LogP contribution in [0, 0.1) is 5.82 Å². The molecule has 10 heteroatoms. The molecule has 0 bridgehead atoms. The Morgan fingerprint density at radius 2 is 1.87 bits per heavy atom. The Hall–Kier alpha value is -3.18. The van der Waals surface area contributed by atoms with Crippen LogP contribution in [-0.2, 0) is 4.74 Å². The number of ether oxygens (including phenoxy) is 2. The van der Waals surface area contributed by atoms with Crippen LogP contribution in [0.5, 0.6) is 5.75 Å². The van der Waals surface area contributed by atoms with Crippen LogP contribution in [0.25, 0.3) is 0 Å². The maximum absolute atomic E-state index is 13.7. The third-order valence-electron chi connectivity index (χ3n) is 7.88. The SMILES string of the molecule is C[C@@H](c1ccc(F)cc1)N1c2cc(OCCN3CCOCC3)ccc2C(N)N(c2cc(C3CC3)[nH]n2)C1N. The lowest BCUT2D eigenvalue weighted by Gasteiger charge is -2.49. The van der Waals surface area contributed by atoms with Crippen molar-refractivity contribution in [3.05, 3.63) is 71.2 Å². The Morgan fingerprint density at radius 3 is 2.61 bits per heavy atom. The van der Waals surface area contributed by atoms with E-state index in [1.807, 2.05) is 23.1 Å². The Morgan fingerprint density at radius 1 is 1.11 bits per heavy atom. The van der Waals surface area contributed by atoms with Crippen molar-refractivity contribution in [1.29, 1.82) is 0 Å². The van der Waals surface area contributed by atoms with E-state index in [9.17, 15) is 4.39 Å². The highest BCUT2D eigenvalue weighted by Gasteiger charge is 2.40. The summed E-state index contributed by atoms with van der Waals surface area (Å²) in [7, 11) is 0. The molecule has 1 saturated heterocycles. The summed E-state index contributed by atoms with van der Waals surface area (Å²) in [5, 5.41) is 7.76. The zero-order valence-corrected chi connectivity index (χ0v) is 21.7. The van der Waals surface area contributed by atoms with Gasteiger partial charge in [-0.15, -0.1) is 0 Å². The fourth-order valence-electron chi connectivity index (χ4n) is 5.47. The summed E-state index contributed by atoms with van der Waals surface area (Å²) in [6.07, 6.45) is 1.25. The van der Waals surface area contributed by atoms with Crippen LogP contribution in [0.15, 0.2) is 48.5 Å². The number of hydrogen-bond donors (Lipinski definition) is 3. The molecule has 1 aromatic heterocycles. The number of nitrogens with two attached hydrogens (primary N) is 2. The summed E-state index contributed by atoms with van der Waals surface area (Å²) >= 11 is 0. The minimum atomic E-state index is -0.600. The van der Waals surface area contributed by atoms with E-state index in [4.69, 9.17) is 20.9 Å². The second-order valence-corrected chi connectivity index (χ2v) is 10.4. The van der Waals surface area contributed by atoms with Gasteiger partial charge >= 0.3 is 0 Å². The van der Waals surface area contributed by atoms with Crippen LogP contribution in [0.4, 0.5) is 15.9 Å². The standard InChI is InChI=1S/C28H36FN7O2/c1-18(19-4-6-21(29)7-5-19)35-25-16-22(38-15-12-34-10-13-37-14-11-34)8-9-23(25)27(30)36(28(35)31)26-17-24(32-33-26)20-2-3-20/h4-9,16-18,20,27-28H,2-3,10-15,30-31H2,1H3,(H,32,33)/t18-,27?,28?/m0/s1. The van der Waals surface area contributed by atoms with Gasteiger partial charge in [-0.3, -0.25) is 15.7 Å². The number of anilines is 2. The number of morpholine rings is 1. The zero-order chi connectivity index (χ0) is 26.2. The molecule has 2 aromatic carbocycles. The third-order valence-corrected chi connectivity index (χ3v) is 7.88. The lowest BCUT2D eigenvalue weighted by Crippen LogP contribution is -2.61. The van der Waals surface area contributed by atoms with Crippen LogP contribution >= 0.6 is 0 Å². The number of rotatable bonds is 8. The molecule has 6 rings (SSSR count). The molecule has 5 N–H and O–H groups in total. The lowest BCUT2D eigenvalue weighted by molar-refractivity contribution is 0.0322. The van der Waals surface area contributed by atoms with Crippen LogP contribution in [0.3, 0.4) is 0 Å². The van der Waals surface area contributed by atoms with Crippen molar-refractivity contribution >= 4 is 11.5 Å². The molecule has 3 heterocycles. The summed E-state index contributed by atoms with van der Waals surface area (Å²) in [4.78, 5) is 6.41. The molecule has 0 spiro atoms. The van der Waals surface area contributed by atoms with Crippen LogP contribution in [0.2, 0.25) is 0 Å². The molecule has 2 unspecified atom stereocenters. The van der Waals surface area contributed by atoms with Gasteiger partial charge in [-0.25, -0.2) is 4.39 Å². The number of hydrogen-bond acceptors (Lipinski definition) is 8. The Bertz CT molecular complexity index is 1240. The number of fused-ring (bicyclic) bond motifs is 1. The van der Waals surface area contributed by atoms with E-state index in [0.29, 0.717) is 12.5 Å². The molecule has 38 heavy (non-hydrogen) atoms. The Kier molecular flexibility index (Phi) is 6.96. The maximum Gasteiger partial charge on any atom is 0.158 e. The van der Waals surface area contributed by atoms with E-state index in [1.165, 1.54) is 25.0 Å². The first kappa shape index (κ1) is 25.1. The van der Waals surface area contributed by atoms with Gasteiger partial charge in [-0.05, 0) is 49.6 Å². The summed E-state index contributed by atoms with van der Waals surface area (Å²) in [5.74, 6) is 1.75. The highest BCUT2D eigenvalue weighted by atomic mass is 19.1. The summed E-state index contributed by atoms with van der Waals surface area (Å²) in [6, 6.07) is 14.5. The molecule has 2 fully saturated rings. The van der Waals surface area contributed by atoms with Crippen molar-refractivity contribution in [2.75, 3.05) is 49.3 Å². The molecule has 0 amide bonds. The zero-order valence-electron chi connectivity index (χ0n) is 21.7. The molecule has 9 nitrogen and oxygen atoms in total. The van der Waals surface area contributed by atoms with Crippen molar-refractivity contribution in [3.63, 3.8) is 0 Å². The highest BCUT2D eigenvalue weighted by Crippen LogP contribution is 2.45. The second kappa shape index (κ2) is 10.5. The van der Waals surface area contributed by atoms with Gasteiger partial charge in [-0.2, -0.15) is 5.10 Å². The fraction of sp³-hybridized carbons (Fsp3) is 0.464. The second-order valence-electron chi connectivity index (χ2n) is 10.4. The van der Waals surface area contributed by atoms with Crippen molar-refractivity contribution in [2.24, 2.45) is 11.5 Å². The average molecular weight is 522 g/mol. The van der Waals surface area contributed by atoms with E-state index < -0.39 is 12.5 Å². The molecule has 3 atom stereocenters. The van der Waals surface area contributed by atoms with Crippen LogP contribution in [0.1, 0.15) is 54.7 Å². The maximum atomic E-state index is 13.7. The van der Waals surface area contributed by atoms with Gasteiger partial charge in [0.15, 0.2) is 12.1 Å². The monoisotopic (exact) mass is 521 g/mol. The summed E-state index contributed by atoms with van der Waals surface area (Å²) < 4.78 is 25.3. The van der Waals surface area contributed by atoms with Gasteiger partial charge in [0.1, 0.15) is 24.3 Å². The quantitative estimate of drug-likeness (QED) is 0.414. The molecule has 1 saturated carbocycles. The first-order valence-corrected chi connectivity index (χ1v) is 13.4. The topological polar surface area (TPSA) is 109 Å². The van der Waals surface area contributed by atoms with Crippen molar-refractivity contribution in [1.82, 2.24) is 15.1 Å². The van der Waals surface area contributed by atoms with Gasteiger partial charge in [-0.1, -0.05) is 12.1 Å². The first-order valence-electron chi connectivity index (χ1n) is 13.4. The molecular weight excluding hydrogens is 485 g/mol. The number of nitrogens with one attached hydrogen (secondary N) is 1. The molecule has 1 aliphatic carbocycles. The molecule has 3 aromatic rings. The molecule has 2 aliphatic heterocycles. The molecule has 202 valence electrons. The van der Waals surface area contributed by atoms with E-state index in [2.05, 4.69) is 33.0 Å². The van der Waals surface area contributed by atoms with Gasteiger partial charge < -0.3 is 25.0 Å². The van der Waals surface area contributed by atoms with E-state index >= 15 is 0 Å². The van der Waals surface area contributed by atoms with Crippen molar-refractivity contribution < 1.29 is 13.9 Å². The number of halogens is 1. The van der Waals surface area contributed by atoms with Crippen molar-refractivity contribution in [3.8, 4) is 5.75 Å². The minimum Gasteiger partial charge on any atom is -0.492 e. The van der Waals surface area contributed by atoms with Gasteiger partial charge in [0.05, 0.1) is 24.9 Å². The Labute approximate surface area is 222 Å². The third kappa shape index (κ3) is 4.96. The minimum absolute atomic E-state index is 0.162. The largest absolute Gasteiger partial charge is 0.492 e. The van der Waals surface area contributed by atoms with E-state index in [0.717, 1.165) is 66.9 Å². The van der Waals surface area contributed by atoms with Gasteiger partial charge in [0.2, 0.25) is 0 Å². The lowest BCUT2D eigenvalue weighted by atomic mass is 9.99. The predicted molar refractivity (Wildman–Crippen MR) is 144 cm³/mol. The number of benzene rings is 2. The average Bonchev–Trinajstić information content (AvgIpc) is 3.67. The van der Waals surface area contributed by atoms with E-state index in [1.54, 1.807) is 12.1 Å². The molecular formula is C28H36FN7O2. The predicted octanol–water partition coefficient (Wildman–Crippen LogP) is 3.42. The van der Waals surface area contributed by atoms with Gasteiger partial charge in [0, 0.05) is 48.9 Å². The van der Waals surface area contributed by atoms with Crippen LogP contribution in [-0.4, -0.2) is 60.8 Å². The molecule has 3 aliphatic rings. The summed E-state index contributed by atoms with van der Waals surface area (Å²) in [6.45, 7) is 6.85. The highest BCUT2D eigenvalue weighted by molar-refractivity contribution is 5.66. The number of aromatic amines is 1. The number of aromatic nitrogens is 2. The summed E-state index contributed by atoms with van der Waals surface area (Å²) in [5.41, 5.74) is 17.7. The number of nitrogens with zero attached hydrogens (tertiary/aromatic N) is 4. The van der Waals surface area contributed by atoms with Gasteiger partial charge in [0.25, 0.3) is 0 Å². The smallest absolute Gasteiger partial charge is 0.158 e. The Balaban J connectivity index is 1.31. The number of H-pyrrole nitrogens is 1. The molecule has 0 radical (unpaired) electrons. The first-order chi connectivity index (χ1) is 18.5. The van der Waals surface area contributed by atoms with Crippen molar-refractivity contribution in [2.45, 2.75) is 44.2 Å². The van der Waals surface area contributed by atoms with Crippen LogP contribution < -0.4 is 26.0 Å².